The molecule has 0 radical (unpaired) electrons. The maximum Gasteiger partial charge on any atom is 0.143 e. The van der Waals surface area contributed by atoms with Crippen LogP contribution in [0.2, 0.25) is 0 Å². The van der Waals surface area contributed by atoms with Gasteiger partial charge in [-0.2, -0.15) is 0 Å². The predicted molar refractivity (Wildman–Crippen MR) is 233 cm³/mol. The fraction of sp³-hybridized carbons (Fsp3) is 0. The molecule has 0 amide bonds. The van der Waals surface area contributed by atoms with Gasteiger partial charge in [-0.15, -0.1) is 0 Å². The Morgan fingerprint density at radius 3 is 1.84 bits per heavy atom. The highest BCUT2D eigenvalue weighted by Crippen LogP contribution is 2.45. The van der Waals surface area contributed by atoms with E-state index >= 15 is 0 Å². The number of rotatable bonds is 5. The van der Waals surface area contributed by atoms with Crippen molar-refractivity contribution in [1.29, 1.82) is 0 Å². The summed E-state index contributed by atoms with van der Waals surface area (Å²) in [5, 5.41) is 9.18. The average molecular weight is 717 g/mol. The molecule has 0 aliphatic heterocycles. The van der Waals surface area contributed by atoms with Gasteiger partial charge in [-0.3, -0.25) is 0 Å². The molecule has 262 valence electrons. The van der Waals surface area contributed by atoms with E-state index in [2.05, 4.69) is 191 Å². The Balaban J connectivity index is 1.06. The number of anilines is 3. The monoisotopic (exact) mass is 716 g/mol. The highest BCUT2D eigenvalue weighted by atomic mass is 16.3. The van der Waals surface area contributed by atoms with Crippen molar-refractivity contribution in [3.63, 3.8) is 0 Å². The van der Waals surface area contributed by atoms with Crippen LogP contribution in [-0.2, 0) is 0 Å². The van der Waals surface area contributed by atoms with Gasteiger partial charge >= 0.3 is 0 Å². The predicted octanol–water partition coefficient (Wildman–Crippen LogP) is 14.9. The van der Waals surface area contributed by atoms with E-state index in [0.717, 1.165) is 88.5 Å². The minimum Gasteiger partial charge on any atom is -0.456 e. The maximum absolute atomic E-state index is 6.70. The van der Waals surface area contributed by atoms with Gasteiger partial charge in [-0.25, -0.2) is 0 Å². The number of fused-ring (bicyclic) bond motifs is 11. The molecular formula is C52H32N2O2. The number of hydrogen-bond acceptors (Lipinski definition) is 3. The number of nitrogens with zero attached hydrogens (tertiary/aromatic N) is 2. The fourth-order valence-electron chi connectivity index (χ4n) is 8.83. The molecule has 12 aromatic rings. The molecule has 3 heterocycles. The lowest BCUT2D eigenvalue weighted by Gasteiger charge is -2.27. The average Bonchev–Trinajstić information content (AvgIpc) is 3.94. The Kier molecular flexibility index (Phi) is 6.60. The summed E-state index contributed by atoms with van der Waals surface area (Å²) in [5.74, 6) is 0. The summed E-state index contributed by atoms with van der Waals surface area (Å²) in [4.78, 5) is 2.37. The first-order valence-electron chi connectivity index (χ1n) is 19.0. The van der Waals surface area contributed by atoms with Gasteiger partial charge < -0.3 is 18.3 Å². The van der Waals surface area contributed by atoms with E-state index in [9.17, 15) is 0 Å². The van der Waals surface area contributed by atoms with Gasteiger partial charge in [0.15, 0.2) is 0 Å². The zero-order valence-corrected chi connectivity index (χ0v) is 30.2. The Labute approximate surface area is 321 Å². The highest BCUT2D eigenvalue weighted by molar-refractivity contribution is 6.19. The summed E-state index contributed by atoms with van der Waals surface area (Å²) in [6, 6.07) is 69.0. The summed E-state index contributed by atoms with van der Waals surface area (Å²) in [7, 11) is 0. The second-order valence-electron chi connectivity index (χ2n) is 14.5. The fourth-order valence-corrected chi connectivity index (χ4v) is 8.83. The van der Waals surface area contributed by atoms with Crippen molar-refractivity contribution >= 4 is 93.5 Å². The van der Waals surface area contributed by atoms with Crippen molar-refractivity contribution in [3.8, 4) is 16.8 Å². The molecule has 12 rings (SSSR count). The molecule has 0 N–H and O–H groups in total. The second-order valence-corrected chi connectivity index (χ2v) is 14.5. The summed E-state index contributed by atoms with van der Waals surface area (Å²) < 4.78 is 15.4. The van der Waals surface area contributed by atoms with Gasteiger partial charge in [-0.05, 0) is 101 Å². The number of hydrogen-bond donors (Lipinski definition) is 0. The summed E-state index contributed by atoms with van der Waals surface area (Å²) >= 11 is 0. The summed E-state index contributed by atoms with van der Waals surface area (Å²) in [6.07, 6.45) is 0. The van der Waals surface area contributed by atoms with Gasteiger partial charge in [0, 0.05) is 49.4 Å². The largest absolute Gasteiger partial charge is 0.456 e. The summed E-state index contributed by atoms with van der Waals surface area (Å²) in [5.41, 5.74) is 12.4. The van der Waals surface area contributed by atoms with Crippen LogP contribution in [0.4, 0.5) is 17.1 Å². The first kappa shape index (κ1) is 30.9. The van der Waals surface area contributed by atoms with Crippen LogP contribution in [0.5, 0.6) is 0 Å². The van der Waals surface area contributed by atoms with Gasteiger partial charge in [0.1, 0.15) is 22.3 Å². The third-order valence-corrected chi connectivity index (χ3v) is 11.4. The van der Waals surface area contributed by atoms with Crippen LogP contribution in [0.25, 0.3) is 93.3 Å². The maximum atomic E-state index is 6.70. The first-order chi connectivity index (χ1) is 27.8. The van der Waals surface area contributed by atoms with E-state index in [0.29, 0.717) is 0 Å². The quantitative estimate of drug-likeness (QED) is 0.178. The molecule has 0 aliphatic carbocycles. The number of furan rings is 2. The number of aromatic nitrogens is 1. The van der Waals surface area contributed by atoms with Crippen molar-refractivity contribution in [3.05, 3.63) is 194 Å². The Bertz CT molecular complexity index is 3440. The van der Waals surface area contributed by atoms with E-state index in [-0.39, 0.29) is 0 Å². The molecule has 0 saturated heterocycles. The molecule has 0 bridgehead atoms. The molecule has 9 aromatic carbocycles. The molecule has 4 nitrogen and oxygen atoms in total. The smallest absolute Gasteiger partial charge is 0.143 e. The van der Waals surface area contributed by atoms with Crippen LogP contribution < -0.4 is 4.90 Å². The third kappa shape index (κ3) is 4.60. The third-order valence-electron chi connectivity index (χ3n) is 11.4. The first-order valence-corrected chi connectivity index (χ1v) is 19.0. The van der Waals surface area contributed by atoms with Gasteiger partial charge in [0.2, 0.25) is 0 Å². The standard InChI is InChI=1S/C52H32N2O2/c1-2-14-39-33(11-1)23-30-44-51-47(20-10-22-49(51)56-52(39)44)53(36-25-27-37(28-26-36)54-45-18-6-3-15-40(45)41-16-4-7-19-46(41)54)38-13-9-12-34(31-38)35-24-29-43-42-17-5-8-21-48(42)55-50(43)32-35/h1-32H. The van der Waals surface area contributed by atoms with Crippen LogP contribution in [0.1, 0.15) is 0 Å². The van der Waals surface area contributed by atoms with E-state index in [1.807, 2.05) is 12.1 Å². The number of para-hydroxylation sites is 3. The zero-order chi connectivity index (χ0) is 36.7. The second kappa shape index (κ2) is 12.0. The van der Waals surface area contributed by atoms with Crippen LogP contribution in [0, 0.1) is 0 Å². The molecule has 0 fully saturated rings. The minimum absolute atomic E-state index is 0.854. The zero-order valence-electron chi connectivity index (χ0n) is 30.2. The summed E-state index contributed by atoms with van der Waals surface area (Å²) in [6.45, 7) is 0. The van der Waals surface area contributed by atoms with Crippen molar-refractivity contribution < 1.29 is 8.83 Å². The SMILES string of the molecule is c1cc(-c2ccc3c(c2)oc2ccccc23)cc(N(c2ccc(-n3c4ccccc4c4ccccc43)cc2)c2cccc3oc4c5ccccc5ccc4c23)c1. The molecule has 4 heteroatoms. The van der Waals surface area contributed by atoms with E-state index in [1.165, 1.54) is 21.8 Å². The van der Waals surface area contributed by atoms with Gasteiger partial charge in [-0.1, -0.05) is 109 Å². The van der Waals surface area contributed by atoms with Crippen LogP contribution in [0.15, 0.2) is 203 Å². The van der Waals surface area contributed by atoms with E-state index < -0.39 is 0 Å². The molecule has 0 unspecified atom stereocenters. The Hall–Kier alpha value is -7.56. The van der Waals surface area contributed by atoms with Crippen molar-refractivity contribution in [2.75, 3.05) is 4.90 Å². The molecule has 0 aliphatic rings. The van der Waals surface area contributed by atoms with Crippen LogP contribution in [-0.4, -0.2) is 4.57 Å². The van der Waals surface area contributed by atoms with Crippen molar-refractivity contribution in [2.24, 2.45) is 0 Å². The Morgan fingerprint density at radius 1 is 0.375 bits per heavy atom. The van der Waals surface area contributed by atoms with Crippen LogP contribution >= 0.6 is 0 Å². The van der Waals surface area contributed by atoms with Crippen LogP contribution in [0.3, 0.4) is 0 Å². The molecule has 0 saturated carbocycles. The molecule has 0 spiro atoms. The highest BCUT2D eigenvalue weighted by Gasteiger charge is 2.21. The van der Waals surface area contributed by atoms with E-state index in [4.69, 9.17) is 8.83 Å². The lowest BCUT2D eigenvalue weighted by Crippen LogP contribution is -2.10. The van der Waals surface area contributed by atoms with Crippen molar-refractivity contribution in [1.82, 2.24) is 4.57 Å². The lowest BCUT2D eigenvalue weighted by molar-refractivity contribution is 0.669. The lowest BCUT2D eigenvalue weighted by atomic mass is 10.0. The molecule has 0 atom stereocenters. The normalized spacial score (nSPS) is 11.9. The molecular weight excluding hydrogens is 685 g/mol. The van der Waals surface area contributed by atoms with Gasteiger partial charge in [0.05, 0.1) is 22.1 Å². The topological polar surface area (TPSA) is 34.5 Å². The number of benzene rings is 9. The van der Waals surface area contributed by atoms with Gasteiger partial charge in [0.25, 0.3) is 0 Å². The molecule has 3 aromatic heterocycles. The minimum atomic E-state index is 0.854. The molecule has 56 heavy (non-hydrogen) atoms. The van der Waals surface area contributed by atoms with E-state index in [1.54, 1.807) is 0 Å². The Morgan fingerprint density at radius 2 is 1.02 bits per heavy atom. The van der Waals surface area contributed by atoms with Crippen molar-refractivity contribution in [2.45, 2.75) is 0 Å².